The number of rotatable bonds is 6. The first-order valence-corrected chi connectivity index (χ1v) is 14.3. The van der Waals surface area contributed by atoms with E-state index in [2.05, 4.69) is 20.2 Å². The molecule has 44 heavy (non-hydrogen) atoms. The zero-order chi connectivity index (χ0) is 31.2. The molecule has 1 fully saturated rings. The Balaban J connectivity index is 1.32. The Morgan fingerprint density at radius 1 is 1.07 bits per heavy atom. The lowest BCUT2D eigenvalue weighted by atomic mass is 10.1. The van der Waals surface area contributed by atoms with Gasteiger partial charge in [0.15, 0.2) is 0 Å². The van der Waals surface area contributed by atoms with Crippen LogP contribution < -0.4 is 24.8 Å². The number of hydrogen-bond donors (Lipinski definition) is 2. The molecule has 13 heteroatoms. The van der Waals surface area contributed by atoms with Crippen molar-refractivity contribution in [2.24, 2.45) is 0 Å². The summed E-state index contributed by atoms with van der Waals surface area (Å²) in [5.41, 5.74) is 2.35. The molecule has 0 aliphatic carbocycles. The number of benzene rings is 2. The number of aromatic nitrogens is 2. The third-order valence-corrected chi connectivity index (χ3v) is 8.08. The Hall–Kier alpha value is -4.78. The predicted molar refractivity (Wildman–Crippen MR) is 163 cm³/mol. The highest BCUT2D eigenvalue weighted by Crippen LogP contribution is 2.38. The number of pyridine rings is 1. The van der Waals surface area contributed by atoms with E-state index in [0.717, 1.165) is 28.8 Å². The van der Waals surface area contributed by atoms with Crippen LogP contribution in [0.25, 0.3) is 11.0 Å². The average molecular weight is 608 g/mol. The Morgan fingerprint density at radius 3 is 2.55 bits per heavy atom. The number of urea groups is 1. The first kappa shape index (κ1) is 29.3. The van der Waals surface area contributed by atoms with Gasteiger partial charge in [0.25, 0.3) is 5.91 Å². The van der Waals surface area contributed by atoms with Gasteiger partial charge in [0, 0.05) is 85.1 Å². The van der Waals surface area contributed by atoms with Crippen LogP contribution in [-0.2, 0) is 12.7 Å². The Bertz CT molecular complexity index is 1730. The van der Waals surface area contributed by atoms with E-state index in [0.29, 0.717) is 55.5 Å². The smallest absolute Gasteiger partial charge is 0.416 e. The van der Waals surface area contributed by atoms with Crippen molar-refractivity contribution >= 4 is 45.7 Å². The largest absolute Gasteiger partial charge is 0.497 e. The first-order chi connectivity index (χ1) is 21.0. The molecule has 3 amide bonds. The number of aromatic amines is 1. The van der Waals surface area contributed by atoms with Gasteiger partial charge in [0.1, 0.15) is 11.4 Å². The minimum atomic E-state index is -4.63. The summed E-state index contributed by atoms with van der Waals surface area (Å²) in [6.07, 6.45) is -1.12. The number of amides is 3. The first-order valence-electron chi connectivity index (χ1n) is 14.3. The van der Waals surface area contributed by atoms with Crippen LogP contribution in [0.1, 0.15) is 28.4 Å². The van der Waals surface area contributed by atoms with E-state index in [1.807, 2.05) is 24.9 Å². The van der Waals surface area contributed by atoms with Crippen molar-refractivity contribution in [3.8, 4) is 5.75 Å². The predicted octanol–water partition coefficient (Wildman–Crippen LogP) is 5.56. The molecule has 2 N–H and O–H groups in total. The van der Waals surface area contributed by atoms with E-state index in [1.165, 1.54) is 13.2 Å². The zero-order valence-electron chi connectivity index (χ0n) is 24.5. The lowest BCUT2D eigenvalue weighted by Gasteiger charge is -2.37. The number of piperazine rings is 1. The molecule has 4 heterocycles. The summed E-state index contributed by atoms with van der Waals surface area (Å²) < 4.78 is 47.1. The molecule has 10 nitrogen and oxygen atoms in total. The fourth-order valence-corrected chi connectivity index (χ4v) is 5.73. The van der Waals surface area contributed by atoms with E-state index < -0.39 is 17.6 Å². The van der Waals surface area contributed by atoms with Gasteiger partial charge >= 0.3 is 12.2 Å². The fourth-order valence-electron chi connectivity index (χ4n) is 5.73. The van der Waals surface area contributed by atoms with Crippen LogP contribution >= 0.6 is 0 Å². The number of hydrogen-bond acceptors (Lipinski definition) is 6. The third kappa shape index (κ3) is 5.50. The summed E-state index contributed by atoms with van der Waals surface area (Å²) >= 11 is 0. The van der Waals surface area contributed by atoms with Crippen molar-refractivity contribution in [3.63, 3.8) is 0 Å². The van der Waals surface area contributed by atoms with Crippen molar-refractivity contribution in [2.75, 3.05) is 66.9 Å². The lowest BCUT2D eigenvalue weighted by molar-refractivity contribution is -0.137. The highest BCUT2D eigenvalue weighted by molar-refractivity contribution is 6.12. The summed E-state index contributed by atoms with van der Waals surface area (Å²) in [6, 6.07) is 9.87. The van der Waals surface area contributed by atoms with Gasteiger partial charge in [-0.2, -0.15) is 13.2 Å². The number of nitrogens with zero attached hydrogens (tertiary/aromatic N) is 5. The maximum Gasteiger partial charge on any atom is 0.416 e. The molecule has 2 aromatic heterocycles. The topological polar surface area (TPSA) is 97.0 Å². The van der Waals surface area contributed by atoms with Crippen LogP contribution in [0.2, 0.25) is 0 Å². The summed E-state index contributed by atoms with van der Waals surface area (Å²) in [5, 5.41) is 3.57. The average Bonchev–Trinajstić information content (AvgIpc) is 3.49. The molecule has 0 unspecified atom stereocenters. The number of H-pyrrole nitrogens is 1. The number of anilines is 4. The number of nitrogens with one attached hydrogen (secondary N) is 2. The normalized spacial score (nSPS) is 16.0. The van der Waals surface area contributed by atoms with E-state index >= 15 is 0 Å². The van der Waals surface area contributed by atoms with Crippen LogP contribution in [-0.4, -0.2) is 73.7 Å². The van der Waals surface area contributed by atoms with E-state index in [-0.39, 0.29) is 23.8 Å². The van der Waals surface area contributed by atoms with Crippen LogP contribution in [0.4, 0.5) is 40.7 Å². The maximum absolute atomic E-state index is 13.9. The quantitative estimate of drug-likeness (QED) is 0.298. The van der Waals surface area contributed by atoms with Crippen LogP contribution in [0.15, 0.2) is 54.9 Å². The monoisotopic (exact) mass is 607 g/mol. The zero-order valence-corrected chi connectivity index (χ0v) is 24.5. The second kappa shape index (κ2) is 11.4. The lowest BCUT2D eigenvalue weighted by Crippen LogP contribution is -2.47. The minimum Gasteiger partial charge on any atom is -0.497 e. The standard InChI is InChI=1S/C31H32F3N7O3/c1-4-40-27-20(17-36-28-26(27)5-6-35-28)18-41(30(40)43)24-14-22(15-25(16-24)44-3)37-29(42)19-11-21(31(32,33)34)13-23(12-19)39-9-7-38(2)8-10-39/h5-6,11-17H,4,7-10,18H2,1-3H3,(H,35,36)(H,37,42). The second-order valence-electron chi connectivity index (χ2n) is 10.9. The molecule has 2 aliphatic rings. The van der Waals surface area contributed by atoms with Gasteiger partial charge in [-0.25, -0.2) is 9.78 Å². The van der Waals surface area contributed by atoms with E-state index in [4.69, 9.17) is 4.74 Å². The molecular formula is C31H32F3N7O3. The van der Waals surface area contributed by atoms with E-state index in [1.54, 1.807) is 40.4 Å². The van der Waals surface area contributed by atoms with Gasteiger partial charge in [-0.3, -0.25) is 14.6 Å². The Kier molecular flexibility index (Phi) is 7.58. The summed E-state index contributed by atoms with van der Waals surface area (Å²) in [6.45, 7) is 5.01. The molecule has 0 radical (unpaired) electrons. The summed E-state index contributed by atoms with van der Waals surface area (Å²) in [5.74, 6) is -0.351. The minimum absolute atomic E-state index is 0.125. The number of fused-ring (bicyclic) bond motifs is 3. The third-order valence-electron chi connectivity index (χ3n) is 8.08. The molecule has 0 bridgehead atoms. The summed E-state index contributed by atoms with van der Waals surface area (Å²) in [7, 11) is 3.41. The van der Waals surface area contributed by atoms with Crippen molar-refractivity contribution in [1.29, 1.82) is 0 Å². The molecule has 0 saturated carbocycles. The number of halogens is 3. The second-order valence-corrected chi connectivity index (χ2v) is 10.9. The maximum atomic E-state index is 13.9. The van der Waals surface area contributed by atoms with Gasteiger partial charge in [-0.05, 0) is 44.3 Å². The van der Waals surface area contributed by atoms with Gasteiger partial charge in [0.2, 0.25) is 0 Å². The van der Waals surface area contributed by atoms with Crippen LogP contribution in [0, 0.1) is 0 Å². The molecule has 230 valence electrons. The van der Waals surface area contributed by atoms with Crippen molar-refractivity contribution in [2.45, 2.75) is 19.6 Å². The molecule has 0 atom stereocenters. The Labute approximate surface area is 252 Å². The number of methoxy groups -OCH3 is 1. The molecule has 6 rings (SSSR count). The molecule has 1 saturated heterocycles. The van der Waals surface area contributed by atoms with Crippen LogP contribution in [0.5, 0.6) is 5.75 Å². The number of carbonyl (C=O) groups excluding carboxylic acids is 2. The molecule has 2 aliphatic heterocycles. The van der Waals surface area contributed by atoms with Gasteiger partial charge in [-0.1, -0.05) is 0 Å². The number of carbonyl (C=O) groups is 2. The highest BCUT2D eigenvalue weighted by Gasteiger charge is 2.34. The van der Waals surface area contributed by atoms with Gasteiger partial charge in [-0.15, -0.1) is 0 Å². The fraction of sp³-hybridized carbons (Fsp3) is 0.323. The number of alkyl halides is 3. The molecule has 0 spiro atoms. The molecule has 4 aromatic rings. The summed E-state index contributed by atoms with van der Waals surface area (Å²) in [4.78, 5) is 41.9. The molecule has 2 aromatic carbocycles. The van der Waals surface area contributed by atoms with E-state index in [9.17, 15) is 22.8 Å². The SMILES string of the molecule is CCN1C(=O)N(c2cc(NC(=O)c3cc(N4CCN(C)CC4)cc(C(F)(F)F)c3)cc(OC)c2)Cc2cnc3[nH]ccc3c21. The van der Waals surface area contributed by atoms with Gasteiger partial charge < -0.3 is 24.8 Å². The van der Waals surface area contributed by atoms with Crippen molar-refractivity contribution < 1.29 is 27.5 Å². The van der Waals surface area contributed by atoms with Crippen molar-refractivity contribution in [3.05, 3.63) is 71.5 Å². The van der Waals surface area contributed by atoms with Gasteiger partial charge in [0.05, 0.1) is 30.6 Å². The highest BCUT2D eigenvalue weighted by atomic mass is 19.4. The van der Waals surface area contributed by atoms with Crippen molar-refractivity contribution in [1.82, 2.24) is 14.9 Å². The number of likely N-dealkylation sites (N-methyl/N-ethyl adjacent to an activating group) is 1. The molecular weight excluding hydrogens is 575 g/mol. The van der Waals surface area contributed by atoms with Crippen LogP contribution in [0.3, 0.4) is 0 Å². The number of ether oxygens (including phenoxy) is 1. The Morgan fingerprint density at radius 2 is 1.84 bits per heavy atom.